The van der Waals surface area contributed by atoms with E-state index in [-0.39, 0.29) is 6.04 Å². The molecule has 20 heavy (non-hydrogen) atoms. The summed E-state index contributed by atoms with van der Waals surface area (Å²) in [5.74, 6) is 0. The molecule has 1 atom stereocenters. The Morgan fingerprint density at radius 1 is 1.00 bits per heavy atom. The van der Waals surface area contributed by atoms with Gasteiger partial charge in [-0.3, -0.25) is 0 Å². The number of rotatable bonds is 11. The van der Waals surface area contributed by atoms with Crippen LogP contribution in [0.4, 0.5) is 0 Å². The van der Waals surface area contributed by atoms with Crippen LogP contribution in [-0.2, 0) is 9.47 Å². The van der Waals surface area contributed by atoms with Crippen LogP contribution in [0.3, 0.4) is 0 Å². The van der Waals surface area contributed by atoms with Gasteiger partial charge in [-0.15, -0.1) is 0 Å². The molecule has 3 heteroatoms. The lowest BCUT2D eigenvalue weighted by Gasteiger charge is -2.18. The van der Waals surface area contributed by atoms with E-state index in [4.69, 9.17) is 9.47 Å². The summed E-state index contributed by atoms with van der Waals surface area (Å²) in [7, 11) is 0. The Morgan fingerprint density at radius 2 is 1.70 bits per heavy atom. The van der Waals surface area contributed by atoms with Gasteiger partial charge in [-0.1, -0.05) is 50.1 Å². The maximum atomic E-state index is 5.73. The Morgan fingerprint density at radius 3 is 2.35 bits per heavy atom. The average molecular weight is 279 g/mol. The molecule has 0 aliphatic heterocycles. The summed E-state index contributed by atoms with van der Waals surface area (Å²) >= 11 is 0. The minimum atomic E-state index is 0.260. The lowest BCUT2D eigenvalue weighted by molar-refractivity contribution is 0.0382. The predicted molar refractivity (Wildman–Crippen MR) is 84.1 cm³/mol. The van der Waals surface area contributed by atoms with E-state index in [9.17, 15) is 0 Å². The van der Waals surface area contributed by atoms with E-state index >= 15 is 0 Å². The third-order valence-electron chi connectivity index (χ3n) is 3.23. The van der Waals surface area contributed by atoms with Gasteiger partial charge in [0, 0.05) is 6.61 Å². The number of hydrogen-bond donors (Lipinski definition) is 1. The Bertz CT molecular complexity index is 337. The zero-order valence-corrected chi connectivity index (χ0v) is 13.2. The van der Waals surface area contributed by atoms with Gasteiger partial charge in [0.1, 0.15) is 0 Å². The van der Waals surface area contributed by atoms with Crippen molar-refractivity contribution in [3.8, 4) is 0 Å². The van der Waals surface area contributed by atoms with Gasteiger partial charge >= 0.3 is 0 Å². The van der Waals surface area contributed by atoms with Crippen molar-refractivity contribution < 1.29 is 9.47 Å². The highest BCUT2D eigenvalue weighted by molar-refractivity contribution is 5.24. The monoisotopic (exact) mass is 279 g/mol. The topological polar surface area (TPSA) is 30.5 Å². The highest BCUT2D eigenvalue weighted by Crippen LogP contribution is 2.14. The molecule has 1 rings (SSSR count). The van der Waals surface area contributed by atoms with Crippen molar-refractivity contribution in [2.75, 3.05) is 33.0 Å². The summed E-state index contributed by atoms with van der Waals surface area (Å²) < 4.78 is 11.2. The zero-order valence-electron chi connectivity index (χ0n) is 13.2. The number of likely N-dealkylation sites (N-methyl/N-ethyl adjacent to an activating group) is 1. The van der Waals surface area contributed by atoms with Crippen LogP contribution in [-0.4, -0.2) is 33.0 Å². The molecule has 0 amide bonds. The van der Waals surface area contributed by atoms with Gasteiger partial charge in [-0.25, -0.2) is 0 Å². The van der Waals surface area contributed by atoms with Gasteiger partial charge in [0.05, 0.1) is 25.9 Å². The molecule has 1 N–H and O–H groups in total. The van der Waals surface area contributed by atoms with E-state index in [1.54, 1.807) is 0 Å². The van der Waals surface area contributed by atoms with Gasteiger partial charge in [0.25, 0.3) is 0 Å². The third kappa shape index (κ3) is 7.04. The second kappa shape index (κ2) is 10.8. The van der Waals surface area contributed by atoms with E-state index in [1.807, 2.05) is 0 Å². The van der Waals surface area contributed by atoms with Crippen molar-refractivity contribution >= 4 is 0 Å². The van der Waals surface area contributed by atoms with Crippen molar-refractivity contribution in [3.63, 3.8) is 0 Å². The summed E-state index contributed by atoms with van der Waals surface area (Å²) in [6, 6.07) is 8.89. The number of nitrogens with one attached hydrogen (secondary N) is 1. The molecule has 0 radical (unpaired) electrons. The Labute approximate surface area is 123 Å². The van der Waals surface area contributed by atoms with Crippen LogP contribution in [0.1, 0.15) is 43.9 Å². The molecular formula is C17H29NO2. The molecule has 0 aromatic heterocycles. The summed E-state index contributed by atoms with van der Waals surface area (Å²) in [5.41, 5.74) is 2.57. The fourth-order valence-electron chi connectivity index (χ4n) is 1.99. The molecule has 0 aliphatic rings. The van der Waals surface area contributed by atoms with E-state index in [2.05, 4.69) is 50.4 Å². The van der Waals surface area contributed by atoms with Gasteiger partial charge in [0.2, 0.25) is 0 Å². The largest absolute Gasteiger partial charge is 0.379 e. The molecular weight excluding hydrogens is 250 g/mol. The number of unbranched alkanes of at least 4 members (excludes halogenated alkanes) is 1. The molecule has 0 heterocycles. The van der Waals surface area contributed by atoms with Gasteiger partial charge in [-0.05, 0) is 25.5 Å². The quantitative estimate of drug-likeness (QED) is 0.629. The first-order valence-corrected chi connectivity index (χ1v) is 7.73. The third-order valence-corrected chi connectivity index (χ3v) is 3.23. The molecule has 0 aliphatic carbocycles. The highest BCUT2D eigenvalue weighted by atomic mass is 16.5. The second-order valence-electron chi connectivity index (χ2n) is 5.06. The standard InChI is InChI=1S/C17H29NO2/c1-4-6-11-19-12-13-20-14-17(18-5-2)16-9-7-15(3)8-10-16/h7-10,17-18H,4-6,11-14H2,1-3H3. The van der Waals surface area contributed by atoms with Crippen LogP contribution in [0.5, 0.6) is 0 Å². The van der Waals surface area contributed by atoms with E-state index < -0.39 is 0 Å². The molecule has 0 fully saturated rings. The van der Waals surface area contributed by atoms with E-state index in [0.29, 0.717) is 19.8 Å². The van der Waals surface area contributed by atoms with Gasteiger partial charge in [0.15, 0.2) is 0 Å². The molecule has 3 nitrogen and oxygen atoms in total. The van der Waals surface area contributed by atoms with Crippen molar-refractivity contribution in [2.24, 2.45) is 0 Å². The Balaban J connectivity index is 2.27. The van der Waals surface area contributed by atoms with Gasteiger partial charge < -0.3 is 14.8 Å². The van der Waals surface area contributed by atoms with E-state index in [0.717, 1.165) is 19.6 Å². The number of hydrogen-bond acceptors (Lipinski definition) is 3. The zero-order chi connectivity index (χ0) is 14.6. The van der Waals surface area contributed by atoms with E-state index in [1.165, 1.54) is 17.5 Å². The van der Waals surface area contributed by atoms with Crippen LogP contribution in [0.2, 0.25) is 0 Å². The van der Waals surface area contributed by atoms with Crippen LogP contribution < -0.4 is 5.32 Å². The first-order valence-electron chi connectivity index (χ1n) is 7.73. The molecule has 0 bridgehead atoms. The lowest BCUT2D eigenvalue weighted by Crippen LogP contribution is -2.26. The molecule has 1 unspecified atom stereocenters. The first-order chi connectivity index (χ1) is 9.77. The highest BCUT2D eigenvalue weighted by Gasteiger charge is 2.09. The number of ether oxygens (including phenoxy) is 2. The second-order valence-corrected chi connectivity index (χ2v) is 5.06. The Kier molecular flexibility index (Phi) is 9.29. The summed E-state index contributed by atoms with van der Waals surface area (Å²) in [6.07, 6.45) is 2.31. The average Bonchev–Trinajstić information content (AvgIpc) is 2.46. The fraction of sp³-hybridized carbons (Fsp3) is 0.647. The summed E-state index contributed by atoms with van der Waals surface area (Å²) in [6.45, 7) is 10.2. The molecule has 114 valence electrons. The predicted octanol–water partition coefficient (Wildman–Crippen LogP) is 3.48. The maximum Gasteiger partial charge on any atom is 0.0701 e. The number of aryl methyl sites for hydroxylation is 1. The molecule has 0 saturated heterocycles. The van der Waals surface area contributed by atoms with Gasteiger partial charge in [-0.2, -0.15) is 0 Å². The van der Waals surface area contributed by atoms with Crippen molar-refractivity contribution in [1.29, 1.82) is 0 Å². The number of benzene rings is 1. The smallest absolute Gasteiger partial charge is 0.0701 e. The molecule has 1 aromatic carbocycles. The molecule has 1 aromatic rings. The minimum absolute atomic E-state index is 0.260. The minimum Gasteiger partial charge on any atom is -0.379 e. The van der Waals surface area contributed by atoms with Crippen LogP contribution in [0.15, 0.2) is 24.3 Å². The van der Waals surface area contributed by atoms with Crippen molar-refractivity contribution in [1.82, 2.24) is 5.32 Å². The summed E-state index contributed by atoms with van der Waals surface area (Å²) in [5, 5.41) is 3.46. The SMILES string of the molecule is CCCCOCCOCC(NCC)c1ccc(C)cc1. The molecule has 0 spiro atoms. The normalized spacial score (nSPS) is 12.6. The summed E-state index contributed by atoms with van der Waals surface area (Å²) in [4.78, 5) is 0. The maximum absolute atomic E-state index is 5.73. The Hall–Kier alpha value is -0.900. The van der Waals surface area contributed by atoms with Crippen LogP contribution >= 0.6 is 0 Å². The lowest BCUT2D eigenvalue weighted by atomic mass is 10.1. The molecule has 0 saturated carbocycles. The van der Waals surface area contributed by atoms with Crippen LogP contribution in [0.25, 0.3) is 0 Å². The van der Waals surface area contributed by atoms with Crippen LogP contribution in [0, 0.1) is 6.92 Å². The first kappa shape index (κ1) is 17.2. The fourth-order valence-corrected chi connectivity index (χ4v) is 1.99. The van der Waals surface area contributed by atoms with Crippen molar-refractivity contribution in [3.05, 3.63) is 35.4 Å². The van der Waals surface area contributed by atoms with Crippen molar-refractivity contribution in [2.45, 2.75) is 39.7 Å².